The van der Waals surface area contributed by atoms with Crippen molar-refractivity contribution in [2.45, 2.75) is 136 Å². The van der Waals surface area contributed by atoms with Crippen LogP contribution in [0.5, 0.6) is 5.75 Å². The number of benzene rings is 1. The molecule has 18 heteroatoms. The van der Waals surface area contributed by atoms with E-state index in [1.165, 1.54) is 56.4 Å². The maximum Gasteiger partial charge on any atom is 0.410 e. The Balaban J connectivity index is 0.000000199. The quantitative estimate of drug-likeness (QED) is 0.101. The van der Waals surface area contributed by atoms with Crippen molar-refractivity contribution in [3.05, 3.63) is 34.4 Å². The minimum atomic E-state index is -0.978. The van der Waals surface area contributed by atoms with Gasteiger partial charge in [-0.3, -0.25) is 19.9 Å². The maximum absolute atomic E-state index is 12.1. The molecule has 6 unspecified atom stereocenters. The van der Waals surface area contributed by atoms with Crippen molar-refractivity contribution in [3.63, 3.8) is 0 Å². The lowest BCUT2D eigenvalue weighted by Crippen LogP contribution is -2.66. The number of carbonyl (C=O) groups is 4. The fraction of sp³-hybridized carbons (Fsp3) is 0.767. The maximum atomic E-state index is 12.1. The van der Waals surface area contributed by atoms with Gasteiger partial charge in [-0.25, -0.2) is 19.2 Å². The number of nitro groups is 1. The third-order valence-electron chi connectivity index (χ3n) is 12.6. The van der Waals surface area contributed by atoms with Crippen LogP contribution in [0.25, 0.3) is 0 Å². The molecule has 2 saturated carbocycles. The highest BCUT2D eigenvalue weighted by atomic mass is 35.5. The summed E-state index contributed by atoms with van der Waals surface area (Å²) in [6.45, 7) is 19.2. The van der Waals surface area contributed by atoms with E-state index in [9.17, 15) is 34.4 Å². The van der Waals surface area contributed by atoms with Crippen LogP contribution in [0.3, 0.4) is 0 Å². The first-order valence-electron chi connectivity index (χ1n) is 22.4. The molecule has 1 aromatic carbocycles. The molecule has 0 radical (unpaired) electrons. The molecule has 17 nitrogen and oxygen atoms in total. The normalized spacial score (nSPS) is 25.4. The molecule has 6 heterocycles. The number of piperidine rings is 4. The molecule has 4 bridgehead atoms. The fourth-order valence-corrected chi connectivity index (χ4v) is 9.37. The summed E-state index contributed by atoms with van der Waals surface area (Å²) in [5, 5.41) is 19.6. The Morgan fingerprint density at radius 1 is 0.754 bits per heavy atom. The van der Waals surface area contributed by atoms with E-state index in [4.69, 9.17) is 25.8 Å². The topological polar surface area (TPSA) is 185 Å². The van der Waals surface area contributed by atoms with Gasteiger partial charge in [0, 0.05) is 100 Å². The summed E-state index contributed by atoms with van der Waals surface area (Å²) in [5.74, 6) is 1.24. The third-order valence-corrected chi connectivity index (χ3v) is 12.6. The predicted octanol–water partition coefficient (Wildman–Crippen LogP) is 7.36. The number of ether oxygens (including phenoxy) is 4. The molecule has 344 valence electrons. The number of amides is 3. The molecular weight excluding hydrogens is 812 g/mol. The lowest BCUT2D eigenvalue weighted by atomic mass is 9.74. The van der Waals surface area contributed by atoms with E-state index in [-0.39, 0.29) is 41.9 Å². The van der Waals surface area contributed by atoms with Crippen molar-refractivity contribution in [3.8, 4) is 5.75 Å². The second-order valence-corrected chi connectivity index (χ2v) is 16.8. The van der Waals surface area contributed by atoms with Crippen molar-refractivity contribution in [2.75, 3.05) is 65.6 Å². The number of halogens is 1. The first-order valence-corrected chi connectivity index (χ1v) is 22.7. The highest BCUT2D eigenvalue weighted by Crippen LogP contribution is 2.41. The molecule has 8 fully saturated rings. The zero-order chi connectivity index (χ0) is 44.6. The molecule has 1 aromatic rings. The van der Waals surface area contributed by atoms with E-state index in [0.29, 0.717) is 62.3 Å². The number of rotatable bonds is 11. The van der Waals surface area contributed by atoms with Crippen LogP contribution in [0.1, 0.15) is 99.3 Å². The Kier molecular flexibility index (Phi) is 20.1. The van der Waals surface area contributed by atoms with Gasteiger partial charge >= 0.3 is 23.7 Å². The summed E-state index contributed by atoms with van der Waals surface area (Å²) in [6.07, 6.45) is 10.1. The third kappa shape index (κ3) is 14.0. The van der Waals surface area contributed by atoms with Crippen molar-refractivity contribution in [1.29, 1.82) is 0 Å². The molecule has 6 atom stereocenters. The SMILES string of the molecule is CCCCC.CCOC(=O)N1CC2CCC1CC2N1CC(O)C1.CCOC(=O)N1CC2CCC1CC2N1CC(OC(=O)N(CC)CC)C1.O=C(Cl)Oc1ccc([N+](=O)[O-])cc1. The average molecular weight is 882 g/mol. The Hall–Kier alpha value is -3.93. The van der Waals surface area contributed by atoms with Gasteiger partial charge in [0.05, 0.1) is 24.2 Å². The Morgan fingerprint density at radius 3 is 1.57 bits per heavy atom. The van der Waals surface area contributed by atoms with E-state index < -0.39 is 10.4 Å². The number of hydrogen-bond acceptors (Lipinski definition) is 13. The largest absolute Gasteiger partial charge is 0.450 e. The highest BCUT2D eigenvalue weighted by Gasteiger charge is 2.49. The Morgan fingerprint density at radius 2 is 1.23 bits per heavy atom. The molecular formula is C43H69ClN6O11. The molecule has 1 N–H and O–H groups in total. The van der Waals surface area contributed by atoms with Crippen LogP contribution in [0.2, 0.25) is 0 Å². The van der Waals surface area contributed by atoms with Crippen LogP contribution in [-0.2, 0) is 14.2 Å². The van der Waals surface area contributed by atoms with Crippen LogP contribution >= 0.6 is 11.6 Å². The van der Waals surface area contributed by atoms with Crippen LogP contribution in [0.15, 0.2) is 24.3 Å². The molecule has 0 aromatic heterocycles. The number of aliphatic hydroxyl groups is 1. The summed E-state index contributed by atoms with van der Waals surface area (Å²) in [6, 6.07) is 6.73. The van der Waals surface area contributed by atoms with E-state index >= 15 is 0 Å². The van der Waals surface area contributed by atoms with Gasteiger partial charge in [-0.1, -0.05) is 33.1 Å². The van der Waals surface area contributed by atoms with Crippen molar-refractivity contribution in [2.24, 2.45) is 11.8 Å². The average Bonchev–Trinajstić information content (AvgIpc) is 3.22. The van der Waals surface area contributed by atoms with Gasteiger partial charge in [0.1, 0.15) is 11.9 Å². The summed E-state index contributed by atoms with van der Waals surface area (Å²) >= 11 is 4.92. The van der Waals surface area contributed by atoms with Gasteiger partial charge in [-0.15, -0.1) is 0 Å². The number of β-amino-alcohol motifs (C(OH)–C–C–N with tert-alkyl or cyclic N) is 1. The molecule has 6 saturated heterocycles. The summed E-state index contributed by atoms with van der Waals surface area (Å²) < 4.78 is 20.3. The summed E-state index contributed by atoms with van der Waals surface area (Å²) in [4.78, 5) is 66.2. The van der Waals surface area contributed by atoms with Crippen LogP contribution in [0.4, 0.5) is 24.9 Å². The minimum Gasteiger partial charge on any atom is -0.450 e. The number of aliphatic hydroxyl groups excluding tert-OH is 1. The molecule has 3 amide bonds. The first kappa shape index (κ1) is 49.7. The van der Waals surface area contributed by atoms with Crippen molar-refractivity contribution in [1.82, 2.24) is 24.5 Å². The standard InChI is InChI=1S/C18H31N3O4.C13H22N2O3.C7H4ClNO4.C5H12/c1-4-19(5-2)17(22)25-15-11-20(12-15)16-9-14-8-7-13(16)10-21(14)18(23)24-6-3;1-2-18-13(17)15-6-9-3-4-10(15)5-12(9)14-7-11(16)8-14;8-7(10)13-6-3-1-5(2-4-6)9(11)12;1-3-5-4-2/h13-16H,4-12H2,1-3H3;9-12,16H,2-8H2,1H3;1-4H;3-5H2,1-2H3. The van der Waals surface area contributed by atoms with Crippen LogP contribution in [0, 0.1) is 22.0 Å². The number of nitrogens with zero attached hydrogens (tertiary/aromatic N) is 6. The van der Waals surface area contributed by atoms with Gasteiger partial charge < -0.3 is 38.8 Å². The zero-order valence-electron chi connectivity index (χ0n) is 37.0. The van der Waals surface area contributed by atoms with E-state index in [2.05, 4.69) is 28.4 Å². The van der Waals surface area contributed by atoms with Gasteiger partial charge in [0.2, 0.25) is 0 Å². The molecule has 2 aliphatic carbocycles. The lowest BCUT2D eigenvalue weighted by Gasteiger charge is -2.55. The number of likely N-dealkylation sites (tertiary alicyclic amines) is 2. The molecule has 8 aliphatic rings. The van der Waals surface area contributed by atoms with Crippen molar-refractivity contribution < 1.29 is 48.2 Å². The summed E-state index contributed by atoms with van der Waals surface area (Å²) in [7, 11) is 0. The Bertz CT molecular complexity index is 1560. The number of nitro benzene ring substituents is 1. The smallest absolute Gasteiger partial charge is 0.410 e. The van der Waals surface area contributed by atoms with Gasteiger partial charge in [0.25, 0.3) is 5.69 Å². The number of unbranched alkanes of at least 4 members (excludes halogenated alkanes) is 2. The van der Waals surface area contributed by atoms with E-state index in [1.807, 2.05) is 37.5 Å². The van der Waals surface area contributed by atoms with Crippen molar-refractivity contribution >= 4 is 41.0 Å². The molecule has 61 heavy (non-hydrogen) atoms. The van der Waals surface area contributed by atoms with Gasteiger partial charge in [-0.2, -0.15) is 0 Å². The van der Waals surface area contributed by atoms with Crippen LogP contribution < -0.4 is 4.74 Å². The Labute approximate surface area is 366 Å². The minimum absolute atomic E-state index is 0.00899. The fourth-order valence-electron chi connectivity index (χ4n) is 9.28. The molecule has 9 rings (SSSR count). The monoisotopic (exact) mass is 880 g/mol. The number of fused-ring (bicyclic) bond motifs is 6. The molecule has 6 aliphatic heterocycles. The highest BCUT2D eigenvalue weighted by molar-refractivity contribution is 6.61. The van der Waals surface area contributed by atoms with E-state index in [1.54, 1.807) is 4.90 Å². The number of non-ortho nitro benzene ring substituents is 1. The molecule has 0 spiro atoms. The summed E-state index contributed by atoms with van der Waals surface area (Å²) in [5.41, 5.74) is -1.05. The lowest BCUT2D eigenvalue weighted by molar-refractivity contribution is -0.384. The van der Waals surface area contributed by atoms with E-state index in [0.717, 1.165) is 65.0 Å². The van der Waals surface area contributed by atoms with Gasteiger partial charge in [0.15, 0.2) is 0 Å². The second kappa shape index (κ2) is 24.6. The predicted molar refractivity (Wildman–Crippen MR) is 230 cm³/mol. The number of carbonyl (C=O) groups excluding carboxylic acids is 4. The van der Waals surface area contributed by atoms with Gasteiger partial charge in [-0.05, 0) is 90.2 Å². The second-order valence-electron chi connectivity index (χ2n) is 16.5. The zero-order valence-corrected chi connectivity index (χ0v) is 37.7. The van der Waals surface area contributed by atoms with Crippen LogP contribution in [-0.4, -0.2) is 160 Å². The number of hydrogen-bond donors (Lipinski definition) is 1. The first-order chi connectivity index (χ1) is 29.3.